The molecule has 0 aliphatic heterocycles. The second-order valence-corrected chi connectivity index (χ2v) is 6.99. The van der Waals surface area contributed by atoms with Crippen LogP contribution in [0.5, 0.6) is 0 Å². The molecule has 1 aliphatic rings. The van der Waals surface area contributed by atoms with Gasteiger partial charge in [-0.15, -0.1) is 0 Å². The molecule has 0 bridgehead atoms. The third-order valence-corrected chi connectivity index (χ3v) is 5.45. The first kappa shape index (κ1) is 17.2. The minimum atomic E-state index is 0.00682. The number of nitrogens with one attached hydrogen (secondary N) is 1. The zero-order valence-electron chi connectivity index (χ0n) is 14.6. The molecule has 0 heterocycles. The van der Waals surface area contributed by atoms with Crippen molar-refractivity contribution in [2.24, 2.45) is 11.8 Å². The molecule has 3 heteroatoms. The van der Waals surface area contributed by atoms with Crippen molar-refractivity contribution in [3.05, 3.63) is 65.7 Å². The summed E-state index contributed by atoms with van der Waals surface area (Å²) in [5, 5.41) is 11.8. The molecule has 2 aromatic carbocycles. The van der Waals surface area contributed by atoms with E-state index in [1.54, 1.807) is 24.3 Å². The highest BCUT2D eigenvalue weighted by Gasteiger charge is 2.29. The number of nitrogens with zero attached hydrogens (tertiary/aromatic N) is 1. The van der Waals surface area contributed by atoms with Crippen LogP contribution in [0.3, 0.4) is 0 Å². The lowest BCUT2D eigenvalue weighted by molar-refractivity contribution is -0.121. The molecular weight excluding hydrogens is 308 g/mol. The first-order valence-corrected chi connectivity index (χ1v) is 9.03. The molecule has 25 heavy (non-hydrogen) atoms. The number of carbonyl (C=O) groups is 1. The van der Waals surface area contributed by atoms with Gasteiger partial charge in [-0.2, -0.15) is 5.26 Å². The van der Waals surface area contributed by atoms with Crippen molar-refractivity contribution in [1.29, 1.82) is 5.26 Å². The molecule has 1 atom stereocenters. The molecule has 128 valence electrons. The zero-order valence-corrected chi connectivity index (χ0v) is 14.6. The molecule has 1 N–H and O–H groups in total. The van der Waals surface area contributed by atoms with Crippen LogP contribution in [-0.4, -0.2) is 5.91 Å². The Morgan fingerprint density at radius 3 is 2.28 bits per heavy atom. The summed E-state index contributed by atoms with van der Waals surface area (Å²) < 4.78 is 0. The van der Waals surface area contributed by atoms with Gasteiger partial charge in [0.1, 0.15) is 0 Å². The number of rotatable bonds is 4. The Labute approximate surface area is 149 Å². The van der Waals surface area contributed by atoms with Crippen molar-refractivity contribution in [1.82, 2.24) is 0 Å². The predicted molar refractivity (Wildman–Crippen MR) is 100 cm³/mol. The van der Waals surface area contributed by atoms with E-state index in [2.05, 4.69) is 41.7 Å². The first-order valence-electron chi connectivity index (χ1n) is 9.03. The molecule has 0 radical (unpaired) electrons. The molecule has 3 rings (SSSR count). The lowest BCUT2D eigenvalue weighted by Gasteiger charge is -2.32. The molecule has 1 amide bonds. The average molecular weight is 332 g/mol. The van der Waals surface area contributed by atoms with E-state index >= 15 is 0 Å². The molecule has 1 fully saturated rings. The summed E-state index contributed by atoms with van der Waals surface area (Å²) in [5.74, 6) is 1.16. The Morgan fingerprint density at radius 1 is 1.04 bits per heavy atom. The summed E-state index contributed by atoms with van der Waals surface area (Å²) in [6.07, 6.45) is 4.51. The van der Waals surface area contributed by atoms with E-state index in [4.69, 9.17) is 5.26 Å². The Balaban J connectivity index is 1.54. The fraction of sp³-hybridized carbons (Fsp3) is 0.364. The van der Waals surface area contributed by atoms with Gasteiger partial charge >= 0.3 is 0 Å². The summed E-state index contributed by atoms with van der Waals surface area (Å²) in [7, 11) is 0. The van der Waals surface area contributed by atoms with Gasteiger partial charge in [0.25, 0.3) is 0 Å². The van der Waals surface area contributed by atoms with Crippen molar-refractivity contribution in [2.75, 3.05) is 5.32 Å². The van der Waals surface area contributed by atoms with Gasteiger partial charge in [-0.3, -0.25) is 4.79 Å². The topological polar surface area (TPSA) is 52.9 Å². The van der Waals surface area contributed by atoms with E-state index in [-0.39, 0.29) is 11.8 Å². The maximum atomic E-state index is 12.5. The quantitative estimate of drug-likeness (QED) is 0.846. The van der Waals surface area contributed by atoms with E-state index in [1.165, 1.54) is 5.56 Å². The molecule has 3 nitrogen and oxygen atoms in total. The third kappa shape index (κ3) is 4.28. The molecule has 0 spiro atoms. The van der Waals surface area contributed by atoms with Crippen molar-refractivity contribution >= 4 is 11.6 Å². The van der Waals surface area contributed by atoms with E-state index in [0.29, 0.717) is 17.4 Å². The minimum absolute atomic E-state index is 0.00682. The van der Waals surface area contributed by atoms with Gasteiger partial charge in [-0.1, -0.05) is 37.3 Å². The predicted octanol–water partition coefficient (Wildman–Crippen LogP) is 5.11. The van der Waals surface area contributed by atoms with Crippen LogP contribution in [0.2, 0.25) is 0 Å². The summed E-state index contributed by atoms with van der Waals surface area (Å²) in [6.45, 7) is 2.03. The van der Waals surface area contributed by atoms with Crippen LogP contribution in [0.1, 0.15) is 49.7 Å². The van der Waals surface area contributed by atoms with E-state index < -0.39 is 0 Å². The van der Waals surface area contributed by atoms with Gasteiger partial charge in [-0.05, 0) is 67.3 Å². The van der Waals surface area contributed by atoms with Crippen molar-refractivity contribution in [3.63, 3.8) is 0 Å². The van der Waals surface area contributed by atoms with E-state index in [1.807, 2.05) is 6.92 Å². The first-order chi connectivity index (χ1) is 12.2. The Hall–Kier alpha value is -2.60. The fourth-order valence-electron chi connectivity index (χ4n) is 3.78. The van der Waals surface area contributed by atoms with Crippen molar-refractivity contribution in [2.45, 2.75) is 38.5 Å². The standard InChI is InChI=1S/C22H24N2O/c1-16(22(25)24-21-13-7-17(15-23)8-14-21)18-9-11-20(12-10-18)19-5-3-2-4-6-19/h2-8,13-14,16,18,20H,9-12H2,1H3,(H,24,25)/t16?,18-,20+. The van der Waals surface area contributed by atoms with Gasteiger partial charge in [0, 0.05) is 11.6 Å². The fourth-order valence-corrected chi connectivity index (χ4v) is 3.78. The van der Waals surface area contributed by atoms with Gasteiger partial charge in [-0.25, -0.2) is 0 Å². The average Bonchev–Trinajstić information content (AvgIpc) is 2.69. The minimum Gasteiger partial charge on any atom is -0.326 e. The zero-order chi connectivity index (χ0) is 17.6. The van der Waals surface area contributed by atoms with Gasteiger partial charge in [0.2, 0.25) is 5.91 Å². The normalized spacial score (nSPS) is 21.1. The Bertz CT molecular complexity index is 738. The second kappa shape index (κ2) is 7.98. The highest BCUT2D eigenvalue weighted by Crippen LogP contribution is 2.38. The summed E-state index contributed by atoms with van der Waals surface area (Å²) in [6, 6.07) is 19.8. The highest BCUT2D eigenvalue weighted by atomic mass is 16.1. The number of hydrogen-bond acceptors (Lipinski definition) is 2. The van der Waals surface area contributed by atoms with E-state index in [9.17, 15) is 4.79 Å². The Kier molecular flexibility index (Phi) is 5.50. The number of hydrogen-bond donors (Lipinski definition) is 1. The molecular formula is C22H24N2O. The molecule has 1 aliphatic carbocycles. The van der Waals surface area contributed by atoms with Crippen LogP contribution in [-0.2, 0) is 4.79 Å². The Morgan fingerprint density at radius 2 is 1.68 bits per heavy atom. The molecule has 0 saturated heterocycles. The van der Waals surface area contributed by atoms with Crippen LogP contribution < -0.4 is 5.32 Å². The number of anilines is 1. The second-order valence-electron chi connectivity index (χ2n) is 6.99. The van der Waals surface area contributed by atoms with Crippen molar-refractivity contribution in [3.8, 4) is 6.07 Å². The molecule has 0 aromatic heterocycles. The van der Waals surface area contributed by atoms with Gasteiger partial charge in [0.15, 0.2) is 0 Å². The maximum Gasteiger partial charge on any atom is 0.227 e. The molecule has 1 unspecified atom stereocenters. The lowest BCUT2D eigenvalue weighted by atomic mass is 9.74. The largest absolute Gasteiger partial charge is 0.326 e. The SMILES string of the molecule is CC(C(=O)Nc1ccc(C#N)cc1)[C@H]1CC[C@@H](c2ccccc2)CC1. The van der Waals surface area contributed by atoms with Crippen LogP contribution in [0.25, 0.3) is 0 Å². The number of nitriles is 1. The molecule has 1 saturated carbocycles. The van der Waals surface area contributed by atoms with Crippen LogP contribution in [0.4, 0.5) is 5.69 Å². The summed E-state index contributed by atoms with van der Waals surface area (Å²) in [5.41, 5.74) is 2.79. The van der Waals surface area contributed by atoms with Crippen LogP contribution in [0.15, 0.2) is 54.6 Å². The monoisotopic (exact) mass is 332 g/mol. The van der Waals surface area contributed by atoms with Crippen LogP contribution in [0, 0.1) is 23.2 Å². The molecule has 2 aromatic rings. The summed E-state index contributed by atoms with van der Waals surface area (Å²) >= 11 is 0. The smallest absolute Gasteiger partial charge is 0.227 e. The lowest BCUT2D eigenvalue weighted by Crippen LogP contribution is -2.29. The van der Waals surface area contributed by atoms with Crippen LogP contribution >= 0.6 is 0 Å². The van der Waals surface area contributed by atoms with Gasteiger partial charge < -0.3 is 5.32 Å². The summed E-state index contributed by atoms with van der Waals surface area (Å²) in [4.78, 5) is 12.5. The highest BCUT2D eigenvalue weighted by molar-refractivity contribution is 5.92. The number of amides is 1. The van der Waals surface area contributed by atoms with E-state index in [0.717, 1.165) is 31.4 Å². The number of carbonyl (C=O) groups excluding carboxylic acids is 1. The van der Waals surface area contributed by atoms with Crippen molar-refractivity contribution < 1.29 is 4.79 Å². The third-order valence-electron chi connectivity index (χ3n) is 5.45. The number of benzene rings is 2. The van der Waals surface area contributed by atoms with Gasteiger partial charge in [0.05, 0.1) is 11.6 Å². The maximum absolute atomic E-state index is 12.5.